The van der Waals surface area contributed by atoms with Gasteiger partial charge in [-0.05, 0) is 12.1 Å². The predicted molar refractivity (Wildman–Crippen MR) is 81.0 cm³/mol. The molecule has 0 radical (unpaired) electrons. The number of aromatic nitrogens is 5. The number of nitrogens with zero attached hydrogens (tertiary/aromatic N) is 5. The first-order chi connectivity index (χ1) is 9.99. The lowest BCUT2D eigenvalue weighted by atomic mass is 10.2. The van der Waals surface area contributed by atoms with E-state index in [1.807, 2.05) is 24.3 Å². The van der Waals surface area contributed by atoms with Gasteiger partial charge in [-0.3, -0.25) is 13.9 Å². The lowest BCUT2D eigenvalue weighted by molar-refractivity contribution is 0.698. The van der Waals surface area contributed by atoms with Gasteiger partial charge in [0.15, 0.2) is 17.0 Å². The van der Waals surface area contributed by atoms with Crippen molar-refractivity contribution in [2.45, 2.75) is 0 Å². The molecule has 0 saturated carbocycles. The zero-order chi connectivity index (χ0) is 15.1. The zero-order valence-electron chi connectivity index (χ0n) is 11.2. The minimum absolute atomic E-state index is 0.118. The summed E-state index contributed by atoms with van der Waals surface area (Å²) in [6, 6.07) is 7.34. The van der Waals surface area contributed by atoms with E-state index in [9.17, 15) is 9.59 Å². The molecule has 0 unspecified atom stereocenters. The summed E-state index contributed by atoms with van der Waals surface area (Å²) in [5.74, 6) is 0.339. The fourth-order valence-corrected chi connectivity index (χ4v) is 2.24. The molecule has 0 saturated heterocycles. The van der Waals surface area contributed by atoms with Crippen molar-refractivity contribution in [2.75, 3.05) is 0 Å². The van der Waals surface area contributed by atoms with Gasteiger partial charge >= 0.3 is 5.69 Å². The highest BCUT2D eigenvalue weighted by atomic mass is 79.9. The van der Waals surface area contributed by atoms with Gasteiger partial charge in [0, 0.05) is 24.1 Å². The molecule has 1 aromatic carbocycles. The highest BCUT2D eigenvalue weighted by molar-refractivity contribution is 9.10. The lowest BCUT2D eigenvalue weighted by Gasteiger charge is -2.06. The Hall–Kier alpha value is -2.35. The summed E-state index contributed by atoms with van der Waals surface area (Å²) in [7, 11) is 2.94. The third-order valence-electron chi connectivity index (χ3n) is 3.17. The third-order valence-corrected chi connectivity index (χ3v) is 3.70. The molecular formula is C13H10BrN5O2. The lowest BCUT2D eigenvalue weighted by Crippen LogP contribution is -2.38. The topological polar surface area (TPSA) is 82.7 Å². The summed E-state index contributed by atoms with van der Waals surface area (Å²) < 4.78 is 3.18. The monoisotopic (exact) mass is 347 g/mol. The summed E-state index contributed by atoms with van der Waals surface area (Å²) in [6.45, 7) is 0. The Bertz CT molecular complexity index is 959. The van der Waals surface area contributed by atoms with Crippen molar-refractivity contribution in [2.24, 2.45) is 14.1 Å². The van der Waals surface area contributed by atoms with E-state index < -0.39 is 11.2 Å². The molecule has 2 heterocycles. The third kappa shape index (κ3) is 2.17. The minimum atomic E-state index is -0.485. The van der Waals surface area contributed by atoms with Gasteiger partial charge in [-0.2, -0.15) is 0 Å². The maximum absolute atomic E-state index is 12.2. The Morgan fingerprint density at radius 3 is 2.33 bits per heavy atom. The van der Waals surface area contributed by atoms with Crippen molar-refractivity contribution in [1.82, 2.24) is 24.3 Å². The Morgan fingerprint density at radius 1 is 1.00 bits per heavy atom. The summed E-state index contributed by atoms with van der Waals surface area (Å²) >= 11 is 3.35. The van der Waals surface area contributed by atoms with Gasteiger partial charge in [0.05, 0.1) is 0 Å². The van der Waals surface area contributed by atoms with E-state index >= 15 is 0 Å². The quantitative estimate of drug-likeness (QED) is 0.651. The fraction of sp³-hybridized carbons (Fsp3) is 0.154. The van der Waals surface area contributed by atoms with E-state index in [0.717, 1.165) is 14.6 Å². The van der Waals surface area contributed by atoms with Crippen molar-refractivity contribution in [3.05, 3.63) is 49.6 Å². The first kappa shape index (κ1) is 13.6. The highest BCUT2D eigenvalue weighted by Gasteiger charge is 2.13. The van der Waals surface area contributed by atoms with Gasteiger partial charge in [-0.1, -0.05) is 28.1 Å². The van der Waals surface area contributed by atoms with E-state index in [4.69, 9.17) is 0 Å². The maximum Gasteiger partial charge on any atom is 0.332 e. The summed E-state index contributed by atoms with van der Waals surface area (Å²) in [6.07, 6.45) is 0. The zero-order valence-corrected chi connectivity index (χ0v) is 12.8. The largest absolute Gasteiger partial charge is 0.332 e. The SMILES string of the molecule is Cn1c(=O)c2nc(-c3ccc(Br)cc3)nnc2n(C)c1=O. The predicted octanol–water partition coefficient (Wildman–Crippen LogP) is 0.852. The number of aryl methyl sites for hydroxylation is 1. The van der Waals surface area contributed by atoms with Crippen LogP contribution in [0.3, 0.4) is 0 Å². The normalized spacial score (nSPS) is 11.0. The van der Waals surface area contributed by atoms with E-state index in [-0.39, 0.29) is 11.2 Å². The molecule has 0 spiro atoms. The Balaban J connectivity index is 2.33. The molecule has 0 fully saturated rings. The smallest absolute Gasteiger partial charge is 0.278 e. The molecule has 0 aliphatic heterocycles. The van der Waals surface area contributed by atoms with Crippen LogP contribution >= 0.6 is 15.9 Å². The van der Waals surface area contributed by atoms with Crippen LogP contribution in [-0.4, -0.2) is 24.3 Å². The molecule has 0 atom stereocenters. The Morgan fingerprint density at radius 2 is 1.67 bits per heavy atom. The van der Waals surface area contributed by atoms with Crippen LogP contribution in [0, 0.1) is 0 Å². The molecule has 7 nitrogen and oxygen atoms in total. The van der Waals surface area contributed by atoms with E-state index in [1.54, 1.807) is 0 Å². The second-order valence-corrected chi connectivity index (χ2v) is 5.44. The van der Waals surface area contributed by atoms with Gasteiger partial charge in [-0.15, -0.1) is 10.2 Å². The standard InChI is InChI=1S/C13H10BrN5O2/c1-18-11-9(12(20)19(2)13(18)21)15-10(16-17-11)7-3-5-8(14)6-4-7/h3-6H,1-2H3. The fourth-order valence-electron chi connectivity index (χ4n) is 1.97. The molecule has 0 aliphatic carbocycles. The van der Waals surface area contributed by atoms with Crippen molar-refractivity contribution >= 4 is 27.1 Å². The van der Waals surface area contributed by atoms with Gasteiger partial charge < -0.3 is 0 Å². The van der Waals surface area contributed by atoms with Gasteiger partial charge in [0.1, 0.15) is 0 Å². The van der Waals surface area contributed by atoms with Crippen LogP contribution in [0.1, 0.15) is 0 Å². The first-order valence-electron chi connectivity index (χ1n) is 6.05. The van der Waals surface area contributed by atoms with Crippen molar-refractivity contribution in [3.63, 3.8) is 0 Å². The highest BCUT2D eigenvalue weighted by Crippen LogP contribution is 2.18. The summed E-state index contributed by atoms with van der Waals surface area (Å²) in [4.78, 5) is 28.2. The van der Waals surface area contributed by atoms with Crippen LogP contribution in [0.15, 0.2) is 38.3 Å². The van der Waals surface area contributed by atoms with Gasteiger partial charge in [-0.25, -0.2) is 9.78 Å². The van der Waals surface area contributed by atoms with Crippen molar-refractivity contribution in [1.29, 1.82) is 0 Å². The number of benzene rings is 1. The maximum atomic E-state index is 12.2. The Kier molecular flexibility index (Phi) is 3.17. The molecular weight excluding hydrogens is 338 g/mol. The summed E-state index contributed by atoms with van der Waals surface area (Å²) in [5, 5.41) is 7.96. The van der Waals surface area contributed by atoms with E-state index in [0.29, 0.717) is 5.82 Å². The van der Waals surface area contributed by atoms with Crippen LogP contribution in [-0.2, 0) is 14.1 Å². The van der Waals surface area contributed by atoms with Gasteiger partial charge in [0.25, 0.3) is 5.56 Å². The molecule has 0 amide bonds. The molecule has 0 N–H and O–H groups in total. The van der Waals surface area contributed by atoms with Crippen LogP contribution in [0.2, 0.25) is 0 Å². The van der Waals surface area contributed by atoms with Crippen LogP contribution < -0.4 is 11.2 Å². The molecule has 0 bridgehead atoms. The van der Waals surface area contributed by atoms with Crippen molar-refractivity contribution < 1.29 is 0 Å². The molecule has 8 heteroatoms. The molecule has 106 valence electrons. The number of halogens is 1. The average Bonchev–Trinajstić information content (AvgIpc) is 2.51. The number of fused-ring (bicyclic) bond motifs is 1. The van der Waals surface area contributed by atoms with Crippen LogP contribution in [0.4, 0.5) is 0 Å². The van der Waals surface area contributed by atoms with Crippen LogP contribution in [0.25, 0.3) is 22.6 Å². The molecule has 3 aromatic rings. The summed E-state index contributed by atoms with van der Waals surface area (Å²) in [5.41, 5.74) is 0.0846. The molecule has 3 rings (SSSR count). The second-order valence-electron chi connectivity index (χ2n) is 4.52. The average molecular weight is 348 g/mol. The number of hydrogen-bond acceptors (Lipinski definition) is 5. The van der Waals surface area contributed by atoms with E-state index in [2.05, 4.69) is 31.1 Å². The molecule has 2 aromatic heterocycles. The van der Waals surface area contributed by atoms with Crippen LogP contribution in [0.5, 0.6) is 0 Å². The molecule has 21 heavy (non-hydrogen) atoms. The Labute approximate surface area is 127 Å². The number of rotatable bonds is 1. The van der Waals surface area contributed by atoms with Gasteiger partial charge in [0.2, 0.25) is 0 Å². The molecule has 0 aliphatic rings. The van der Waals surface area contributed by atoms with Crippen molar-refractivity contribution in [3.8, 4) is 11.4 Å². The minimum Gasteiger partial charge on any atom is -0.278 e. The van der Waals surface area contributed by atoms with E-state index in [1.165, 1.54) is 18.7 Å². The number of hydrogen-bond donors (Lipinski definition) is 0. The second kappa shape index (κ2) is 4.88. The first-order valence-corrected chi connectivity index (χ1v) is 6.84.